The molecule has 0 fully saturated rings. The number of aromatic nitrogens is 5. The summed E-state index contributed by atoms with van der Waals surface area (Å²) in [5.74, 6) is -1.55. The maximum atomic E-state index is 15.1. The molecular formula is C27H29FN7O5+. The number of amides is 1. The number of nitrogens with zero attached hydrogens (tertiary/aromatic N) is 5. The molecule has 0 saturated heterocycles. The lowest BCUT2D eigenvalue weighted by molar-refractivity contribution is 0.102. The zero-order valence-corrected chi connectivity index (χ0v) is 22.6. The molecule has 0 radical (unpaired) electrons. The fourth-order valence-corrected chi connectivity index (χ4v) is 3.83. The summed E-state index contributed by atoms with van der Waals surface area (Å²) < 4.78 is 23.2. The Morgan fingerprint density at radius 3 is 2.58 bits per heavy atom. The number of hydrogen-bond acceptors (Lipinski definition) is 7. The van der Waals surface area contributed by atoms with Gasteiger partial charge in [0, 0.05) is 42.3 Å². The van der Waals surface area contributed by atoms with Crippen LogP contribution in [0.15, 0.2) is 46.2 Å². The minimum atomic E-state index is -0.788. The maximum absolute atomic E-state index is 15.1. The van der Waals surface area contributed by atoms with Crippen molar-refractivity contribution in [3.8, 4) is 17.6 Å². The van der Waals surface area contributed by atoms with Crippen LogP contribution in [0.3, 0.4) is 0 Å². The van der Waals surface area contributed by atoms with Gasteiger partial charge in [-0.2, -0.15) is 4.85 Å². The first-order valence-corrected chi connectivity index (χ1v) is 12.6. The van der Waals surface area contributed by atoms with Gasteiger partial charge in [0.15, 0.2) is 23.0 Å². The van der Waals surface area contributed by atoms with Gasteiger partial charge in [-0.3, -0.25) is 18.7 Å². The predicted octanol–water partition coefficient (Wildman–Crippen LogP) is 4.22. The number of hydrogen-bond donors (Lipinski definition) is 3. The van der Waals surface area contributed by atoms with Gasteiger partial charge in [-0.05, 0) is 46.8 Å². The highest BCUT2D eigenvalue weighted by molar-refractivity contribution is 6.03. The summed E-state index contributed by atoms with van der Waals surface area (Å²) in [5.41, 5.74) is -1.14. The maximum Gasteiger partial charge on any atom is 0.418 e. The average Bonchev–Trinajstić information content (AvgIpc) is 3.32. The number of H-pyrrole nitrogens is 1. The molecule has 0 aliphatic heterocycles. The fraction of sp³-hybridized carbons (Fsp3) is 0.333. The third-order valence-electron chi connectivity index (χ3n) is 5.94. The van der Waals surface area contributed by atoms with E-state index in [1.54, 1.807) is 34.6 Å². The molecule has 1 amide bonds. The fourth-order valence-electron chi connectivity index (χ4n) is 3.83. The van der Waals surface area contributed by atoms with Crippen LogP contribution in [0.5, 0.6) is 11.5 Å². The molecule has 1 aromatic carbocycles. The Kier molecular flexibility index (Phi) is 8.11. The minimum Gasteiger partial charge on any atom is -0.453 e. The lowest BCUT2D eigenvalue weighted by atomic mass is 10.2. The molecular weight excluding hydrogens is 521 g/mol. The van der Waals surface area contributed by atoms with Gasteiger partial charge >= 0.3 is 11.5 Å². The van der Waals surface area contributed by atoms with Crippen LogP contribution >= 0.6 is 0 Å². The molecule has 13 heteroatoms. The van der Waals surface area contributed by atoms with E-state index < -0.39 is 29.0 Å². The van der Waals surface area contributed by atoms with E-state index in [1.165, 1.54) is 35.2 Å². The molecule has 4 rings (SSSR count). The molecule has 12 nitrogen and oxygen atoms in total. The Morgan fingerprint density at radius 2 is 1.93 bits per heavy atom. The smallest absolute Gasteiger partial charge is 0.418 e. The van der Waals surface area contributed by atoms with Crippen molar-refractivity contribution in [2.45, 2.75) is 46.7 Å². The van der Waals surface area contributed by atoms with Gasteiger partial charge in [0.1, 0.15) is 11.3 Å². The number of aromatic amines is 1. The molecule has 3 aromatic heterocycles. The number of anilines is 1. The number of carbonyl (C=O) groups excluding carboxylic acids is 1. The summed E-state index contributed by atoms with van der Waals surface area (Å²) in [6.07, 6.45) is 2.66. The van der Waals surface area contributed by atoms with Crippen LogP contribution in [0.2, 0.25) is 0 Å². The van der Waals surface area contributed by atoms with Crippen LogP contribution in [0.4, 0.5) is 15.9 Å². The van der Waals surface area contributed by atoms with E-state index in [0.717, 1.165) is 10.6 Å². The Bertz CT molecular complexity index is 1760. The van der Waals surface area contributed by atoms with Crippen LogP contribution < -0.4 is 21.3 Å². The first-order chi connectivity index (χ1) is 19.0. The second-order valence-electron chi connectivity index (χ2n) is 9.70. The van der Waals surface area contributed by atoms with Crippen molar-refractivity contribution < 1.29 is 19.0 Å². The Hall–Kier alpha value is -4.83. The molecule has 3 N–H and O–H groups in total. The van der Waals surface area contributed by atoms with Gasteiger partial charge in [-0.1, -0.05) is 5.10 Å². The largest absolute Gasteiger partial charge is 0.453 e. The second-order valence-corrected chi connectivity index (χ2v) is 9.70. The molecule has 40 heavy (non-hydrogen) atoms. The molecule has 1 atom stereocenters. The van der Waals surface area contributed by atoms with Crippen molar-refractivity contribution >= 4 is 28.4 Å². The van der Waals surface area contributed by atoms with E-state index in [0.29, 0.717) is 5.39 Å². The predicted molar refractivity (Wildman–Crippen MR) is 147 cm³/mol. The molecule has 0 saturated carbocycles. The quantitative estimate of drug-likeness (QED) is 0.312. The van der Waals surface area contributed by atoms with Gasteiger partial charge in [-0.15, -0.1) is 5.10 Å². The van der Waals surface area contributed by atoms with Crippen molar-refractivity contribution in [2.75, 3.05) is 11.9 Å². The van der Waals surface area contributed by atoms with E-state index >= 15 is 4.39 Å². The molecule has 0 aliphatic rings. The number of aliphatic hydroxyl groups excluding tert-OH is 1. The summed E-state index contributed by atoms with van der Waals surface area (Å²) in [6, 6.07) is 7.30. The zero-order chi connectivity index (χ0) is 29.1. The number of halogens is 1. The van der Waals surface area contributed by atoms with Crippen molar-refractivity contribution in [2.24, 2.45) is 5.92 Å². The molecule has 0 bridgehead atoms. The number of carbonyl (C=O) groups is 1. The average molecular weight is 551 g/mol. The van der Waals surface area contributed by atoms with Crippen molar-refractivity contribution in [1.82, 2.24) is 24.3 Å². The van der Waals surface area contributed by atoms with E-state index in [9.17, 15) is 19.5 Å². The zero-order valence-electron chi connectivity index (χ0n) is 22.6. The molecule has 4 aromatic rings. The first-order valence-electron chi connectivity index (χ1n) is 12.6. The number of ether oxygens (including phenoxy) is 1. The number of fused-ring (bicyclic) bond motifs is 1. The van der Waals surface area contributed by atoms with Gasteiger partial charge in [0.05, 0.1) is 12.5 Å². The van der Waals surface area contributed by atoms with Gasteiger partial charge < -0.3 is 15.2 Å². The normalized spacial score (nSPS) is 11.9. The van der Waals surface area contributed by atoms with Gasteiger partial charge in [-0.25, -0.2) is 14.2 Å². The molecule has 0 aliphatic carbocycles. The standard InChI is InChI=1S/C27H28FN7O5/c1-14(2)34-12-18(26(38)35(15(3)4)27(34)39)25(37)31-17-6-7-20(19(28)10-17)40-21-8-9-29-23-22(21)24(33-32-23)30-11-16(5)13-36/h6-10,12,14-16,36H,13H2,1-5H3,(H-,29,31,32,33,37)/p+1. The third-order valence-corrected chi connectivity index (χ3v) is 5.94. The highest BCUT2D eigenvalue weighted by atomic mass is 19.1. The number of nitrogens with one attached hydrogen (secondary N) is 2. The van der Waals surface area contributed by atoms with E-state index in [-0.39, 0.29) is 52.8 Å². The SMILES string of the molecule is CC(C#[N+]c1[nH]nc2nccc(Oc3ccc(NC(=O)c4cn(C(C)C)c(=O)n(C(C)C)c4=O)cc3F)c12)CO. The molecule has 3 heterocycles. The highest BCUT2D eigenvalue weighted by Gasteiger charge is 2.23. The number of benzene rings is 1. The Labute approximate surface area is 227 Å². The third kappa shape index (κ3) is 5.62. The topological polar surface area (TPSA) is 148 Å². The van der Waals surface area contributed by atoms with Crippen LogP contribution in [0.25, 0.3) is 15.9 Å². The van der Waals surface area contributed by atoms with Crippen LogP contribution in [0, 0.1) is 17.8 Å². The highest BCUT2D eigenvalue weighted by Crippen LogP contribution is 2.35. The van der Waals surface area contributed by atoms with Crippen LogP contribution in [-0.4, -0.2) is 41.9 Å². The Morgan fingerprint density at radius 1 is 1.18 bits per heavy atom. The second kappa shape index (κ2) is 11.5. The summed E-state index contributed by atoms with van der Waals surface area (Å²) in [7, 11) is 0. The Balaban J connectivity index is 1.62. The number of aliphatic hydroxyl groups is 1. The van der Waals surface area contributed by atoms with E-state index in [4.69, 9.17) is 4.74 Å². The van der Waals surface area contributed by atoms with Gasteiger partial charge in [0.25, 0.3) is 11.5 Å². The van der Waals surface area contributed by atoms with Gasteiger partial charge in [0.2, 0.25) is 5.65 Å². The molecule has 208 valence electrons. The van der Waals surface area contributed by atoms with Crippen molar-refractivity contribution in [1.29, 1.82) is 0 Å². The summed E-state index contributed by atoms with van der Waals surface area (Å²) in [6.45, 7) is 8.46. The summed E-state index contributed by atoms with van der Waals surface area (Å²) >= 11 is 0. The lowest BCUT2D eigenvalue weighted by Crippen LogP contribution is -2.44. The first kappa shape index (κ1) is 28.2. The lowest BCUT2D eigenvalue weighted by Gasteiger charge is -2.17. The van der Waals surface area contributed by atoms with Crippen LogP contribution in [0.1, 0.15) is 57.1 Å². The summed E-state index contributed by atoms with van der Waals surface area (Å²) in [5, 5.41) is 18.9. The summed E-state index contributed by atoms with van der Waals surface area (Å²) in [4.78, 5) is 47.0. The molecule has 0 spiro atoms. The minimum absolute atomic E-state index is 0.0775. The van der Waals surface area contributed by atoms with Crippen molar-refractivity contribution in [3.63, 3.8) is 0 Å². The van der Waals surface area contributed by atoms with E-state index in [1.807, 2.05) is 0 Å². The van der Waals surface area contributed by atoms with E-state index in [2.05, 4.69) is 31.4 Å². The number of pyridine rings is 1. The molecule has 1 unspecified atom stereocenters. The number of rotatable bonds is 7. The monoisotopic (exact) mass is 550 g/mol. The van der Waals surface area contributed by atoms with Crippen molar-refractivity contribution in [3.05, 3.63) is 73.7 Å². The van der Waals surface area contributed by atoms with Crippen LogP contribution in [-0.2, 0) is 0 Å².